The van der Waals surface area contributed by atoms with Gasteiger partial charge >= 0.3 is 0 Å². The maximum atomic E-state index is 13.7. The van der Waals surface area contributed by atoms with Crippen molar-refractivity contribution in [2.45, 2.75) is 38.3 Å². The first-order chi connectivity index (χ1) is 12.6. The highest BCUT2D eigenvalue weighted by molar-refractivity contribution is 5.96. The molecule has 2 aromatic rings. The van der Waals surface area contributed by atoms with E-state index < -0.39 is 11.7 Å². The Morgan fingerprint density at radius 2 is 1.88 bits per heavy atom. The van der Waals surface area contributed by atoms with Gasteiger partial charge in [-0.1, -0.05) is 30.7 Å². The number of fused-ring (bicyclic) bond motifs is 1. The lowest BCUT2D eigenvalue weighted by Crippen LogP contribution is -2.29. The predicted molar refractivity (Wildman–Crippen MR) is 97.6 cm³/mol. The molecule has 2 aromatic carbocycles. The van der Waals surface area contributed by atoms with Gasteiger partial charge < -0.3 is 10.5 Å². The minimum absolute atomic E-state index is 0.115. The number of nitrogens with zero attached hydrogens (tertiary/aromatic N) is 1. The highest BCUT2D eigenvalue weighted by Gasteiger charge is 2.29. The maximum absolute atomic E-state index is 13.7. The predicted octanol–water partition coefficient (Wildman–Crippen LogP) is 3.59. The summed E-state index contributed by atoms with van der Waals surface area (Å²) >= 11 is 0. The Kier molecular flexibility index (Phi) is 4.64. The number of amides is 1. The van der Waals surface area contributed by atoms with E-state index >= 15 is 0 Å². The van der Waals surface area contributed by atoms with Crippen molar-refractivity contribution in [2.75, 3.05) is 13.1 Å². The van der Waals surface area contributed by atoms with Crippen LogP contribution in [0.4, 0.5) is 4.39 Å². The Morgan fingerprint density at radius 3 is 2.58 bits per heavy atom. The third-order valence-corrected chi connectivity index (χ3v) is 5.27. The van der Waals surface area contributed by atoms with Crippen LogP contribution in [0, 0.1) is 5.82 Å². The molecule has 0 aliphatic carbocycles. The third-order valence-electron chi connectivity index (χ3n) is 5.27. The highest BCUT2D eigenvalue weighted by atomic mass is 19.1. The summed E-state index contributed by atoms with van der Waals surface area (Å²) in [4.78, 5) is 14.0. The minimum atomic E-state index is -0.668. The second kappa shape index (κ2) is 7.08. The average molecular weight is 354 g/mol. The summed E-state index contributed by atoms with van der Waals surface area (Å²) in [7, 11) is 0. The van der Waals surface area contributed by atoms with Crippen molar-refractivity contribution in [3.63, 3.8) is 0 Å². The molecule has 1 saturated heterocycles. The molecule has 5 heteroatoms. The van der Waals surface area contributed by atoms with Crippen LogP contribution >= 0.6 is 0 Å². The van der Waals surface area contributed by atoms with E-state index in [1.54, 1.807) is 0 Å². The first-order valence-corrected chi connectivity index (χ1v) is 9.20. The summed E-state index contributed by atoms with van der Waals surface area (Å²) in [5, 5.41) is 0. The first kappa shape index (κ1) is 17.0. The van der Waals surface area contributed by atoms with Gasteiger partial charge in [0.15, 0.2) is 0 Å². The van der Waals surface area contributed by atoms with Gasteiger partial charge in [0.1, 0.15) is 17.7 Å². The van der Waals surface area contributed by atoms with Crippen molar-refractivity contribution in [3.05, 3.63) is 64.5 Å². The van der Waals surface area contributed by atoms with Crippen LogP contribution in [-0.4, -0.2) is 23.9 Å². The first-order valence-electron chi connectivity index (χ1n) is 9.20. The lowest BCUT2D eigenvalue weighted by Gasteiger charge is -2.26. The summed E-state index contributed by atoms with van der Waals surface area (Å²) in [6.07, 6.45) is 4.23. The van der Waals surface area contributed by atoms with Crippen molar-refractivity contribution in [1.82, 2.24) is 4.90 Å². The van der Waals surface area contributed by atoms with Crippen LogP contribution in [-0.2, 0) is 13.0 Å². The van der Waals surface area contributed by atoms with Crippen molar-refractivity contribution in [2.24, 2.45) is 5.73 Å². The number of carbonyl (C=O) groups excluding carboxylic acids is 1. The molecule has 4 nitrogen and oxygen atoms in total. The van der Waals surface area contributed by atoms with E-state index in [0.717, 1.165) is 18.2 Å². The number of hydrogen-bond donors (Lipinski definition) is 1. The lowest BCUT2D eigenvalue weighted by atomic mass is 10.0. The number of carbonyl (C=O) groups is 1. The summed E-state index contributed by atoms with van der Waals surface area (Å²) in [5.74, 6) is -0.710. The Labute approximate surface area is 152 Å². The molecule has 0 bridgehead atoms. The molecule has 0 aromatic heterocycles. The molecule has 26 heavy (non-hydrogen) atoms. The lowest BCUT2D eigenvalue weighted by molar-refractivity contribution is 0.0994. The number of primary amides is 1. The summed E-state index contributed by atoms with van der Waals surface area (Å²) in [6, 6.07) is 11.0. The second-order valence-corrected chi connectivity index (χ2v) is 7.19. The molecule has 2 heterocycles. The van der Waals surface area contributed by atoms with E-state index in [0.29, 0.717) is 17.7 Å². The van der Waals surface area contributed by atoms with Gasteiger partial charge in [-0.05, 0) is 49.2 Å². The summed E-state index contributed by atoms with van der Waals surface area (Å²) in [6.45, 7) is 3.32. The third kappa shape index (κ3) is 3.44. The Hall–Kier alpha value is -2.40. The zero-order valence-electron chi connectivity index (χ0n) is 14.7. The number of benzene rings is 2. The molecule has 2 aliphatic rings. The van der Waals surface area contributed by atoms with E-state index in [4.69, 9.17) is 10.5 Å². The quantitative estimate of drug-likeness (QED) is 0.913. The number of hydrogen-bond acceptors (Lipinski definition) is 3. The molecule has 1 unspecified atom stereocenters. The standard InChI is InChI=1S/C21H23FN2O2/c22-17-10-16-11-19(26-20(16)18(12-17)21(23)25)15-6-4-14(5-7-15)13-24-8-2-1-3-9-24/h4-7,10,12,19H,1-3,8-9,11,13H2,(H2,23,25). The van der Waals surface area contributed by atoms with Crippen molar-refractivity contribution in [3.8, 4) is 5.75 Å². The SMILES string of the molecule is NC(=O)c1cc(F)cc2c1OC(c1ccc(CN3CCCCC3)cc1)C2. The Balaban J connectivity index is 1.48. The fraction of sp³-hybridized carbons (Fsp3) is 0.381. The van der Waals surface area contributed by atoms with Crippen LogP contribution < -0.4 is 10.5 Å². The number of nitrogens with two attached hydrogens (primary N) is 1. The minimum Gasteiger partial charge on any atom is -0.484 e. The van der Waals surface area contributed by atoms with Gasteiger partial charge in [-0.15, -0.1) is 0 Å². The van der Waals surface area contributed by atoms with Crippen molar-refractivity contribution in [1.29, 1.82) is 0 Å². The molecule has 4 rings (SSSR count). The van der Waals surface area contributed by atoms with Crippen LogP contribution in [0.25, 0.3) is 0 Å². The Morgan fingerprint density at radius 1 is 1.15 bits per heavy atom. The molecular formula is C21H23FN2O2. The molecule has 1 atom stereocenters. The molecule has 0 radical (unpaired) electrons. The molecule has 1 amide bonds. The summed E-state index contributed by atoms with van der Waals surface area (Å²) < 4.78 is 19.7. The van der Waals surface area contributed by atoms with Gasteiger partial charge in [0, 0.05) is 18.5 Å². The normalized spacial score (nSPS) is 19.8. The second-order valence-electron chi connectivity index (χ2n) is 7.19. The number of likely N-dealkylation sites (tertiary alicyclic amines) is 1. The number of piperidine rings is 1. The Bertz CT molecular complexity index is 814. The van der Waals surface area contributed by atoms with Crippen LogP contribution in [0.3, 0.4) is 0 Å². The zero-order chi connectivity index (χ0) is 18.1. The monoisotopic (exact) mass is 354 g/mol. The molecule has 2 N–H and O–H groups in total. The molecule has 1 fully saturated rings. The zero-order valence-corrected chi connectivity index (χ0v) is 14.7. The summed E-state index contributed by atoms with van der Waals surface area (Å²) in [5.41, 5.74) is 8.48. The fourth-order valence-corrected chi connectivity index (χ4v) is 3.91. The van der Waals surface area contributed by atoms with Gasteiger partial charge in [0.05, 0.1) is 5.56 Å². The van der Waals surface area contributed by atoms with Gasteiger partial charge in [0.25, 0.3) is 5.91 Å². The van der Waals surface area contributed by atoms with Gasteiger partial charge in [-0.25, -0.2) is 4.39 Å². The average Bonchev–Trinajstić information content (AvgIpc) is 3.06. The number of ether oxygens (including phenoxy) is 1. The smallest absolute Gasteiger partial charge is 0.252 e. The molecule has 0 spiro atoms. The number of rotatable bonds is 4. The fourth-order valence-electron chi connectivity index (χ4n) is 3.91. The van der Waals surface area contributed by atoms with E-state index in [2.05, 4.69) is 29.2 Å². The van der Waals surface area contributed by atoms with Crippen LogP contribution in [0.15, 0.2) is 36.4 Å². The van der Waals surface area contributed by atoms with E-state index in [-0.39, 0.29) is 11.7 Å². The molecule has 0 saturated carbocycles. The van der Waals surface area contributed by atoms with Gasteiger partial charge in [-0.3, -0.25) is 9.69 Å². The van der Waals surface area contributed by atoms with Crippen LogP contribution in [0.1, 0.15) is 52.4 Å². The van der Waals surface area contributed by atoms with Crippen molar-refractivity contribution < 1.29 is 13.9 Å². The highest BCUT2D eigenvalue weighted by Crippen LogP contribution is 2.39. The van der Waals surface area contributed by atoms with E-state index in [9.17, 15) is 9.18 Å². The largest absolute Gasteiger partial charge is 0.484 e. The van der Waals surface area contributed by atoms with Crippen molar-refractivity contribution >= 4 is 5.91 Å². The molecule has 136 valence electrons. The molecular weight excluding hydrogens is 331 g/mol. The van der Waals surface area contributed by atoms with Gasteiger partial charge in [0.2, 0.25) is 0 Å². The van der Waals surface area contributed by atoms with E-state index in [1.165, 1.54) is 44.0 Å². The van der Waals surface area contributed by atoms with E-state index in [1.807, 2.05) is 0 Å². The van der Waals surface area contributed by atoms with Gasteiger partial charge in [-0.2, -0.15) is 0 Å². The number of halogens is 1. The maximum Gasteiger partial charge on any atom is 0.252 e. The topological polar surface area (TPSA) is 55.6 Å². The van der Waals surface area contributed by atoms with Crippen LogP contribution in [0.5, 0.6) is 5.75 Å². The molecule has 2 aliphatic heterocycles. The van der Waals surface area contributed by atoms with Crippen LogP contribution in [0.2, 0.25) is 0 Å².